The van der Waals surface area contributed by atoms with E-state index in [9.17, 15) is 4.79 Å². The fourth-order valence-electron chi connectivity index (χ4n) is 2.39. The highest BCUT2D eigenvalue weighted by atomic mass is 35.5. The van der Waals surface area contributed by atoms with E-state index in [-0.39, 0.29) is 5.97 Å². The summed E-state index contributed by atoms with van der Waals surface area (Å²) in [5.41, 5.74) is 3.25. The molecule has 124 valence electrons. The molecule has 6 heteroatoms. The molecule has 0 unspecified atom stereocenters. The van der Waals surface area contributed by atoms with Crippen LogP contribution in [0.15, 0.2) is 35.0 Å². The molecule has 0 aromatic heterocycles. The molecule has 1 aromatic rings. The van der Waals surface area contributed by atoms with Gasteiger partial charge in [-0.3, -0.25) is 0 Å². The number of carbonyl (C=O) groups is 1. The van der Waals surface area contributed by atoms with Crippen molar-refractivity contribution < 1.29 is 9.63 Å². The van der Waals surface area contributed by atoms with Crippen molar-refractivity contribution in [2.75, 3.05) is 29.7 Å². The van der Waals surface area contributed by atoms with E-state index in [0.29, 0.717) is 23.0 Å². The standard InChI is InChI=1S/C17H20Cl2N2O2/c1-2-3-16-15(17(22)23-20-16)12-13-4-6-14(7-5-13)21(10-8-18)11-9-19/h4-7,12H,2-3,8-11H2,1H3. The molecule has 1 aliphatic heterocycles. The topological polar surface area (TPSA) is 41.9 Å². The van der Waals surface area contributed by atoms with Crippen molar-refractivity contribution in [3.05, 3.63) is 35.4 Å². The summed E-state index contributed by atoms with van der Waals surface area (Å²) in [5, 5.41) is 3.84. The number of alkyl halides is 2. The van der Waals surface area contributed by atoms with E-state index in [1.165, 1.54) is 0 Å². The van der Waals surface area contributed by atoms with Crippen molar-refractivity contribution in [2.45, 2.75) is 19.8 Å². The molecule has 0 fully saturated rings. The molecule has 0 saturated heterocycles. The summed E-state index contributed by atoms with van der Waals surface area (Å²) in [5.74, 6) is 0.708. The van der Waals surface area contributed by atoms with Gasteiger partial charge in [0.25, 0.3) is 0 Å². The largest absolute Gasteiger partial charge is 0.369 e. The van der Waals surface area contributed by atoms with Crippen LogP contribution in [0.3, 0.4) is 0 Å². The van der Waals surface area contributed by atoms with Crippen LogP contribution in [0, 0.1) is 0 Å². The zero-order valence-electron chi connectivity index (χ0n) is 13.1. The van der Waals surface area contributed by atoms with E-state index < -0.39 is 0 Å². The average molecular weight is 355 g/mol. The number of hydrogen-bond donors (Lipinski definition) is 0. The zero-order valence-corrected chi connectivity index (χ0v) is 14.6. The number of halogens is 2. The molecule has 0 amide bonds. The van der Waals surface area contributed by atoms with Crippen LogP contribution in [0.4, 0.5) is 5.69 Å². The molecule has 0 saturated carbocycles. The number of anilines is 1. The minimum absolute atomic E-state index is 0.386. The average Bonchev–Trinajstić information content (AvgIpc) is 2.89. The summed E-state index contributed by atoms with van der Waals surface area (Å²) < 4.78 is 0. The predicted octanol–water partition coefficient (Wildman–Crippen LogP) is 4.07. The Hall–Kier alpha value is -1.52. The lowest BCUT2D eigenvalue weighted by Crippen LogP contribution is -2.27. The molecule has 1 heterocycles. The third-order valence-corrected chi connectivity index (χ3v) is 3.87. The SMILES string of the molecule is CCCC1=NOC(=O)C1=Cc1ccc(N(CCCl)CCCl)cc1. The first-order chi connectivity index (χ1) is 11.2. The molecule has 0 radical (unpaired) electrons. The van der Waals surface area contributed by atoms with Gasteiger partial charge in [-0.15, -0.1) is 23.2 Å². The van der Waals surface area contributed by atoms with Crippen molar-refractivity contribution >= 4 is 46.6 Å². The van der Waals surface area contributed by atoms with Gasteiger partial charge in [-0.1, -0.05) is 30.6 Å². The fraction of sp³-hybridized carbons (Fsp3) is 0.412. The fourth-order valence-corrected chi connectivity index (χ4v) is 2.80. The number of benzene rings is 1. The summed E-state index contributed by atoms with van der Waals surface area (Å²) in [6, 6.07) is 7.94. The van der Waals surface area contributed by atoms with Crippen LogP contribution < -0.4 is 4.90 Å². The van der Waals surface area contributed by atoms with Crippen LogP contribution >= 0.6 is 23.2 Å². The molecule has 0 bridgehead atoms. The van der Waals surface area contributed by atoms with Crippen LogP contribution in [-0.4, -0.2) is 36.5 Å². The van der Waals surface area contributed by atoms with Crippen LogP contribution in [0.5, 0.6) is 0 Å². The van der Waals surface area contributed by atoms with Gasteiger partial charge in [-0.25, -0.2) is 4.79 Å². The Kier molecular flexibility index (Phi) is 6.93. The van der Waals surface area contributed by atoms with Gasteiger partial charge < -0.3 is 9.74 Å². The minimum Gasteiger partial charge on any atom is -0.369 e. The molecule has 0 N–H and O–H groups in total. The molecular formula is C17H20Cl2N2O2. The van der Waals surface area contributed by atoms with Gasteiger partial charge in [0.15, 0.2) is 0 Å². The summed E-state index contributed by atoms with van der Waals surface area (Å²) in [6.07, 6.45) is 3.47. The van der Waals surface area contributed by atoms with E-state index in [4.69, 9.17) is 28.0 Å². The first-order valence-corrected chi connectivity index (χ1v) is 8.73. The zero-order chi connectivity index (χ0) is 16.7. The Labute approximate surface area is 146 Å². The normalized spacial score (nSPS) is 15.7. The Morgan fingerprint density at radius 3 is 2.39 bits per heavy atom. The Morgan fingerprint density at radius 1 is 1.17 bits per heavy atom. The maximum absolute atomic E-state index is 11.8. The van der Waals surface area contributed by atoms with Gasteiger partial charge in [0.1, 0.15) is 0 Å². The summed E-state index contributed by atoms with van der Waals surface area (Å²) in [6.45, 7) is 3.53. The third-order valence-electron chi connectivity index (χ3n) is 3.53. The summed E-state index contributed by atoms with van der Waals surface area (Å²) in [7, 11) is 0. The molecule has 1 aromatic carbocycles. The monoisotopic (exact) mass is 354 g/mol. The molecule has 0 aliphatic carbocycles. The summed E-state index contributed by atoms with van der Waals surface area (Å²) in [4.78, 5) is 18.7. The molecule has 23 heavy (non-hydrogen) atoms. The second-order valence-corrected chi connectivity index (χ2v) is 5.94. The number of nitrogens with zero attached hydrogens (tertiary/aromatic N) is 2. The number of hydrogen-bond acceptors (Lipinski definition) is 4. The Morgan fingerprint density at radius 2 is 1.83 bits per heavy atom. The van der Waals surface area contributed by atoms with E-state index in [2.05, 4.69) is 10.1 Å². The van der Waals surface area contributed by atoms with Crippen LogP contribution in [-0.2, 0) is 9.63 Å². The second-order valence-electron chi connectivity index (χ2n) is 5.18. The first kappa shape index (κ1) is 17.8. The third kappa shape index (κ3) is 4.72. The van der Waals surface area contributed by atoms with Crippen LogP contribution in [0.2, 0.25) is 0 Å². The smallest absolute Gasteiger partial charge is 0.367 e. The highest BCUT2D eigenvalue weighted by Crippen LogP contribution is 2.21. The maximum atomic E-state index is 11.8. The highest BCUT2D eigenvalue weighted by Gasteiger charge is 2.24. The van der Waals surface area contributed by atoms with Gasteiger partial charge >= 0.3 is 5.97 Å². The maximum Gasteiger partial charge on any atom is 0.367 e. The predicted molar refractivity (Wildman–Crippen MR) is 96.5 cm³/mol. The lowest BCUT2D eigenvalue weighted by atomic mass is 10.0. The molecule has 0 spiro atoms. The quantitative estimate of drug-likeness (QED) is 0.401. The molecule has 1 aliphatic rings. The van der Waals surface area contributed by atoms with Crippen LogP contribution in [0.1, 0.15) is 25.3 Å². The van der Waals surface area contributed by atoms with Gasteiger partial charge in [0.05, 0.1) is 11.3 Å². The van der Waals surface area contributed by atoms with Crippen molar-refractivity contribution in [3.63, 3.8) is 0 Å². The Bertz CT molecular complexity index is 591. The molecular weight excluding hydrogens is 335 g/mol. The van der Waals surface area contributed by atoms with E-state index in [1.54, 1.807) is 0 Å². The van der Waals surface area contributed by atoms with Crippen molar-refractivity contribution in [1.29, 1.82) is 0 Å². The molecule has 2 rings (SSSR count). The second kappa shape index (κ2) is 8.94. The summed E-state index contributed by atoms with van der Waals surface area (Å²) >= 11 is 11.7. The molecule has 0 atom stereocenters. The van der Waals surface area contributed by atoms with Gasteiger partial charge in [0, 0.05) is 30.5 Å². The number of oxime groups is 1. The van der Waals surface area contributed by atoms with E-state index in [1.807, 2.05) is 37.3 Å². The highest BCUT2D eigenvalue weighted by molar-refractivity contribution is 6.25. The van der Waals surface area contributed by atoms with Gasteiger partial charge in [0.2, 0.25) is 0 Å². The Balaban J connectivity index is 2.17. The van der Waals surface area contributed by atoms with Crippen molar-refractivity contribution in [1.82, 2.24) is 0 Å². The molecule has 4 nitrogen and oxygen atoms in total. The lowest BCUT2D eigenvalue weighted by molar-refractivity contribution is -0.136. The van der Waals surface area contributed by atoms with Crippen molar-refractivity contribution in [3.8, 4) is 0 Å². The van der Waals surface area contributed by atoms with Crippen LogP contribution in [0.25, 0.3) is 6.08 Å². The number of carbonyl (C=O) groups excluding carboxylic acids is 1. The lowest BCUT2D eigenvalue weighted by Gasteiger charge is -2.22. The number of rotatable bonds is 8. The van der Waals surface area contributed by atoms with Gasteiger partial charge in [-0.2, -0.15) is 0 Å². The first-order valence-electron chi connectivity index (χ1n) is 7.66. The van der Waals surface area contributed by atoms with E-state index in [0.717, 1.165) is 37.2 Å². The van der Waals surface area contributed by atoms with Crippen molar-refractivity contribution in [2.24, 2.45) is 5.16 Å². The minimum atomic E-state index is -0.386. The van der Waals surface area contributed by atoms with Gasteiger partial charge in [-0.05, 0) is 30.2 Å². The van der Waals surface area contributed by atoms with E-state index >= 15 is 0 Å².